The van der Waals surface area contributed by atoms with E-state index in [0.717, 1.165) is 11.3 Å². The van der Waals surface area contributed by atoms with Crippen LogP contribution in [0.2, 0.25) is 0 Å². The molecule has 2 fully saturated rings. The fraction of sp³-hybridized carbons (Fsp3) is 0.400. The van der Waals surface area contributed by atoms with Gasteiger partial charge in [0.25, 0.3) is 0 Å². The number of carbonyl (C=O) groups is 1. The Balaban J connectivity index is 1.33. The van der Waals surface area contributed by atoms with Crippen molar-refractivity contribution in [3.63, 3.8) is 0 Å². The van der Waals surface area contributed by atoms with Crippen molar-refractivity contribution in [2.45, 2.75) is 51.5 Å². The number of alkyl halides is 1. The van der Waals surface area contributed by atoms with Gasteiger partial charge in [0.05, 0.1) is 11.4 Å². The van der Waals surface area contributed by atoms with Crippen LogP contribution >= 0.6 is 0 Å². The van der Waals surface area contributed by atoms with Crippen molar-refractivity contribution in [2.75, 3.05) is 25.4 Å². The molecule has 1 amide bonds. The fourth-order valence-electron chi connectivity index (χ4n) is 6.17. The molecule has 3 N–H and O–H groups in total. The molecule has 41 heavy (non-hydrogen) atoms. The number of rotatable bonds is 5. The molecule has 2 aliphatic rings. The molecule has 2 saturated heterocycles. The zero-order chi connectivity index (χ0) is 28.9. The topological polar surface area (TPSA) is 123 Å². The summed E-state index contributed by atoms with van der Waals surface area (Å²) in [6.07, 6.45) is -0.319. The number of ether oxygens (including phenoxy) is 1. The third-order valence-electron chi connectivity index (χ3n) is 8.14. The lowest BCUT2D eigenvalue weighted by atomic mass is 9.76. The molecule has 6 rings (SSSR count). The van der Waals surface area contributed by atoms with Crippen LogP contribution in [-0.2, 0) is 0 Å². The Morgan fingerprint density at radius 3 is 2.39 bits per heavy atom. The molecule has 4 aromatic rings. The Kier molecular flexibility index (Phi) is 6.77. The normalized spacial score (nSPS) is 22.0. The molecule has 3 atom stereocenters. The van der Waals surface area contributed by atoms with E-state index in [2.05, 4.69) is 14.9 Å². The van der Waals surface area contributed by atoms with E-state index in [9.17, 15) is 9.90 Å². The third-order valence-corrected chi connectivity index (χ3v) is 8.14. The molecular weight excluding hydrogens is 525 g/mol. The van der Waals surface area contributed by atoms with Crippen LogP contribution in [-0.4, -0.2) is 78.6 Å². The molecule has 2 aromatic heterocycles. The quantitative estimate of drug-likeness (QED) is 0.341. The van der Waals surface area contributed by atoms with E-state index in [-0.39, 0.29) is 11.9 Å². The largest absolute Gasteiger partial charge is 0.465 e. The van der Waals surface area contributed by atoms with E-state index < -0.39 is 29.8 Å². The molecule has 0 bridgehead atoms. The molecule has 1 unspecified atom stereocenters. The molecule has 2 aromatic carbocycles. The molecule has 214 valence electrons. The van der Waals surface area contributed by atoms with Crippen molar-refractivity contribution < 1.29 is 19.0 Å². The van der Waals surface area contributed by atoms with Crippen molar-refractivity contribution in [1.82, 2.24) is 29.5 Å². The first-order valence-corrected chi connectivity index (χ1v) is 13.8. The number of anilines is 1. The average Bonchev–Trinajstić information content (AvgIpc) is 3.29. The van der Waals surface area contributed by atoms with Gasteiger partial charge < -0.3 is 20.5 Å². The smallest absolute Gasteiger partial charge is 0.407 e. The summed E-state index contributed by atoms with van der Waals surface area (Å²) in [7, 11) is 0. The molecule has 2 aliphatic heterocycles. The Hall–Kier alpha value is -4.25. The number of aromatic nitrogens is 4. The van der Waals surface area contributed by atoms with Crippen LogP contribution in [0.1, 0.15) is 33.2 Å². The van der Waals surface area contributed by atoms with E-state index >= 15 is 4.39 Å². The molecule has 10 nitrogen and oxygen atoms in total. The van der Waals surface area contributed by atoms with Crippen LogP contribution in [0.4, 0.5) is 15.0 Å². The van der Waals surface area contributed by atoms with E-state index in [0.29, 0.717) is 48.5 Å². The van der Waals surface area contributed by atoms with Gasteiger partial charge in [-0.3, -0.25) is 4.90 Å². The number of carboxylic acid groups (broad SMARTS) is 1. The second kappa shape index (κ2) is 10.3. The first-order chi connectivity index (χ1) is 19.6. The SMILES string of the molecule is CC(C)(C)C1[C@@H](F)[C@H](n2nc(-c3ccc(Oc4ccccc4)cc3)c3c(N)ncnc32)CCN1C1CN(C(=O)O)C1. The van der Waals surface area contributed by atoms with Crippen LogP contribution in [0.5, 0.6) is 11.5 Å². The first kappa shape index (κ1) is 26.9. The number of hydrogen-bond acceptors (Lipinski definition) is 7. The lowest BCUT2D eigenvalue weighted by Gasteiger charge is -2.54. The summed E-state index contributed by atoms with van der Waals surface area (Å²) in [5.74, 6) is 1.69. The van der Waals surface area contributed by atoms with Gasteiger partial charge in [-0.2, -0.15) is 5.10 Å². The molecule has 0 spiro atoms. The Morgan fingerprint density at radius 2 is 1.73 bits per heavy atom. The van der Waals surface area contributed by atoms with Crippen LogP contribution < -0.4 is 10.5 Å². The summed E-state index contributed by atoms with van der Waals surface area (Å²) < 4.78 is 24.3. The molecule has 4 heterocycles. The zero-order valence-corrected chi connectivity index (χ0v) is 23.3. The third kappa shape index (κ3) is 4.94. The van der Waals surface area contributed by atoms with Crippen LogP contribution in [0.15, 0.2) is 60.9 Å². The predicted octanol–water partition coefficient (Wildman–Crippen LogP) is 5.23. The average molecular weight is 560 g/mol. The summed E-state index contributed by atoms with van der Waals surface area (Å²) in [6.45, 7) is 7.48. The van der Waals surface area contributed by atoms with E-state index in [1.807, 2.05) is 75.4 Å². The number of hydrogen-bond donors (Lipinski definition) is 2. The zero-order valence-electron chi connectivity index (χ0n) is 23.3. The minimum atomic E-state index is -1.27. The van der Waals surface area contributed by atoms with Gasteiger partial charge in [-0.15, -0.1) is 0 Å². The number of amides is 1. The Labute approximate surface area is 237 Å². The summed E-state index contributed by atoms with van der Waals surface area (Å²) >= 11 is 0. The highest BCUT2D eigenvalue weighted by Gasteiger charge is 2.50. The molecule has 0 saturated carbocycles. The highest BCUT2D eigenvalue weighted by atomic mass is 19.1. The Bertz CT molecular complexity index is 1550. The van der Waals surface area contributed by atoms with Crippen LogP contribution in [0.3, 0.4) is 0 Å². The fourth-order valence-corrected chi connectivity index (χ4v) is 6.17. The number of nitrogens with two attached hydrogens (primary N) is 1. The van der Waals surface area contributed by atoms with Gasteiger partial charge >= 0.3 is 6.09 Å². The second-order valence-corrected chi connectivity index (χ2v) is 11.9. The van der Waals surface area contributed by atoms with Crippen molar-refractivity contribution in [3.05, 3.63) is 60.9 Å². The number of piperidine rings is 1. The number of nitrogen functional groups attached to an aromatic ring is 1. The van der Waals surface area contributed by atoms with Gasteiger partial charge in [0.2, 0.25) is 0 Å². The van der Waals surface area contributed by atoms with E-state index in [4.69, 9.17) is 15.6 Å². The summed E-state index contributed by atoms with van der Waals surface area (Å²) in [4.78, 5) is 23.6. The Morgan fingerprint density at radius 1 is 1.05 bits per heavy atom. The second-order valence-electron chi connectivity index (χ2n) is 11.9. The maximum absolute atomic E-state index is 16.7. The van der Waals surface area contributed by atoms with Gasteiger partial charge in [-0.05, 0) is 48.2 Å². The van der Waals surface area contributed by atoms with E-state index in [1.165, 1.54) is 11.2 Å². The van der Waals surface area contributed by atoms with Crippen molar-refractivity contribution in [2.24, 2.45) is 5.41 Å². The van der Waals surface area contributed by atoms with E-state index in [1.54, 1.807) is 4.68 Å². The molecule has 11 heteroatoms. The predicted molar refractivity (Wildman–Crippen MR) is 154 cm³/mol. The van der Waals surface area contributed by atoms with Crippen LogP contribution in [0, 0.1) is 5.41 Å². The van der Waals surface area contributed by atoms with Crippen LogP contribution in [0.25, 0.3) is 22.3 Å². The van der Waals surface area contributed by atoms with Crippen molar-refractivity contribution >= 4 is 22.9 Å². The maximum atomic E-state index is 16.7. The number of fused-ring (bicyclic) bond motifs is 1. The molecule has 0 radical (unpaired) electrons. The number of likely N-dealkylation sites (tertiary alicyclic amines) is 2. The van der Waals surface area contributed by atoms with Gasteiger partial charge in [-0.25, -0.2) is 23.8 Å². The highest BCUT2D eigenvalue weighted by molar-refractivity contribution is 5.98. The lowest BCUT2D eigenvalue weighted by molar-refractivity contribution is -0.0825. The molecular formula is C30H34FN7O3. The van der Waals surface area contributed by atoms with Gasteiger partial charge in [0, 0.05) is 37.3 Å². The number of nitrogens with zero attached hydrogens (tertiary/aromatic N) is 6. The van der Waals surface area contributed by atoms with Crippen molar-refractivity contribution in [3.8, 4) is 22.8 Å². The van der Waals surface area contributed by atoms with Crippen molar-refractivity contribution in [1.29, 1.82) is 0 Å². The van der Waals surface area contributed by atoms with Gasteiger partial charge in [-0.1, -0.05) is 39.0 Å². The minimum Gasteiger partial charge on any atom is -0.465 e. The summed E-state index contributed by atoms with van der Waals surface area (Å²) in [5.41, 5.74) is 7.82. The summed E-state index contributed by atoms with van der Waals surface area (Å²) in [6, 6.07) is 16.0. The number of halogens is 1. The summed E-state index contributed by atoms with van der Waals surface area (Å²) in [5, 5.41) is 14.8. The van der Waals surface area contributed by atoms with Gasteiger partial charge in [0.1, 0.15) is 35.5 Å². The molecule has 0 aliphatic carbocycles. The minimum absolute atomic E-state index is 0.00552. The van der Waals surface area contributed by atoms with Gasteiger partial charge in [0.15, 0.2) is 5.65 Å². The lowest BCUT2D eigenvalue weighted by Crippen LogP contribution is -2.68. The first-order valence-electron chi connectivity index (χ1n) is 13.8. The highest BCUT2D eigenvalue weighted by Crippen LogP contribution is 2.43. The number of para-hydroxylation sites is 1. The standard InChI is InChI=1S/C30H34FN7O3/c1-30(2,3)26-24(31)22(13-14-37(26)19-15-36(16-19)29(39)40)38-28-23(27(32)33-17-34-28)25(35-38)18-9-11-21(12-10-18)41-20-7-5-4-6-8-20/h4-12,17,19,22,24,26H,13-16H2,1-3H3,(H,39,40)(H2,32,33,34)/t22-,24+,26?/m1/s1. The monoisotopic (exact) mass is 559 g/mol. The number of benzene rings is 2. The maximum Gasteiger partial charge on any atom is 0.407 e.